The summed E-state index contributed by atoms with van der Waals surface area (Å²) < 4.78 is 11.7. The highest BCUT2D eigenvalue weighted by molar-refractivity contribution is 5.88. The molecule has 0 fully saturated rings. The van der Waals surface area contributed by atoms with Gasteiger partial charge in [0.25, 0.3) is 0 Å². The Bertz CT molecular complexity index is 555. The van der Waals surface area contributed by atoms with Crippen LogP contribution in [0.25, 0.3) is 5.69 Å². The molecule has 0 radical (unpaired) electrons. The standard InChI is InChI=1S/C14H15NO3/c1-10-4-9-13(14(16)18-3)15(10)11-5-7-12(17-2)8-6-11/h4-9H,1-3H3. The first kappa shape index (κ1) is 12.2. The highest BCUT2D eigenvalue weighted by Gasteiger charge is 2.14. The first-order valence-electron chi connectivity index (χ1n) is 5.58. The molecule has 94 valence electrons. The molecule has 18 heavy (non-hydrogen) atoms. The number of ether oxygens (including phenoxy) is 2. The third-order valence-electron chi connectivity index (χ3n) is 2.80. The maximum atomic E-state index is 11.7. The quantitative estimate of drug-likeness (QED) is 0.780. The second-order valence-electron chi connectivity index (χ2n) is 3.88. The number of carbonyl (C=O) groups is 1. The van der Waals surface area contributed by atoms with Crippen LogP contribution < -0.4 is 4.74 Å². The van der Waals surface area contributed by atoms with Crippen LogP contribution in [-0.4, -0.2) is 24.8 Å². The van der Waals surface area contributed by atoms with Gasteiger partial charge in [-0.3, -0.25) is 0 Å². The van der Waals surface area contributed by atoms with Gasteiger partial charge in [0.05, 0.1) is 14.2 Å². The Morgan fingerprint density at radius 1 is 1.06 bits per heavy atom. The van der Waals surface area contributed by atoms with Crippen LogP contribution in [0.1, 0.15) is 16.2 Å². The molecule has 0 spiro atoms. The van der Waals surface area contributed by atoms with E-state index in [4.69, 9.17) is 9.47 Å². The summed E-state index contributed by atoms with van der Waals surface area (Å²) in [5, 5.41) is 0. The zero-order chi connectivity index (χ0) is 13.1. The van der Waals surface area contributed by atoms with E-state index >= 15 is 0 Å². The molecule has 0 aliphatic rings. The largest absolute Gasteiger partial charge is 0.497 e. The molecule has 0 unspecified atom stereocenters. The van der Waals surface area contributed by atoms with Crippen molar-refractivity contribution in [1.29, 1.82) is 0 Å². The van der Waals surface area contributed by atoms with Gasteiger partial charge in [0, 0.05) is 11.4 Å². The third-order valence-corrected chi connectivity index (χ3v) is 2.80. The van der Waals surface area contributed by atoms with Crippen LogP contribution in [0.2, 0.25) is 0 Å². The third kappa shape index (κ3) is 2.09. The minimum atomic E-state index is -0.348. The van der Waals surface area contributed by atoms with Gasteiger partial charge in [0.2, 0.25) is 0 Å². The van der Waals surface area contributed by atoms with Crippen molar-refractivity contribution < 1.29 is 14.3 Å². The van der Waals surface area contributed by atoms with Crippen molar-refractivity contribution in [1.82, 2.24) is 4.57 Å². The summed E-state index contributed by atoms with van der Waals surface area (Å²) in [5.74, 6) is 0.432. The van der Waals surface area contributed by atoms with Crippen molar-refractivity contribution >= 4 is 5.97 Å². The summed E-state index contributed by atoms with van der Waals surface area (Å²) >= 11 is 0. The highest BCUT2D eigenvalue weighted by Crippen LogP contribution is 2.20. The zero-order valence-corrected chi connectivity index (χ0v) is 10.6. The molecule has 0 aliphatic heterocycles. The monoisotopic (exact) mass is 245 g/mol. The molecule has 4 heteroatoms. The number of nitrogens with zero attached hydrogens (tertiary/aromatic N) is 1. The molecule has 0 saturated heterocycles. The molecule has 1 aromatic heterocycles. The topological polar surface area (TPSA) is 40.5 Å². The van der Waals surface area contributed by atoms with Crippen molar-refractivity contribution in [2.45, 2.75) is 6.92 Å². The Morgan fingerprint density at radius 2 is 1.72 bits per heavy atom. The predicted octanol–water partition coefficient (Wildman–Crippen LogP) is 2.58. The molecule has 1 heterocycles. The first-order chi connectivity index (χ1) is 8.67. The Hall–Kier alpha value is -2.23. The smallest absolute Gasteiger partial charge is 0.355 e. The average molecular weight is 245 g/mol. The second-order valence-corrected chi connectivity index (χ2v) is 3.88. The first-order valence-corrected chi connectivity index (χ1v) is 5.58. The van der Waals surface area contributed by atoms with E-state index < -0.39 is 0 Å². The number of esters is 1. The molecular formula is C14H15NO3. The molecule has 0 N–H and O–H groups in total. The second kappa shape index (κ2) is 4.96. The van der Waals surface area contributed by atoms with E-state index in [9.17, 15) is 4.79 Å². The van der Waals surface area contributed by atoms with Crippen LogP contribution in [0.3, 0.4) is 0 Å². The summed E-state index contributed by atoms with van der Waals surface area (Å²) in [5.41, 5.74) is 2.39. The molecule has 4 nitrogen and oxygen atoms in total. The van der Waals surface area contributed by atoms with Crippen molar-refractivity contribution in [2.75, 3.05) is 14.2 Å². The lowest BCUT2D eigenvalue weighted by atomic mass is 10.3. The van der Waals surface area contributed by atoms with E-state index in [1.54, 1.807) is 13.2 Å². The highest BCUT2D eigenvalue weighted by atomic mass is 16.5. The van der Waals surface area contributed by atoms with E-state index in [0.717, 1.165) is 17.1 Å². The van der Waals surface area contributed by atoms with E-state index in [-0.39, 0.29) is 5.97 Å². The van der Waals surface area contributed by atoms with Crippen LogP contribution in [0.4, 0.5) is 0 Å². The fourth-order valence-electron chi connectivity index (χ4n) is 1.88. The lowest BCUT2D eigenvalue weighted by Gasteiger charge is -2.11. The van der Waals surface area contributed by atoms with Gasteiger partial charge in [-0.05, 0) is 43.3 Å². The number of carbonyl (C=O) groups excluding carboxylic acids is 1. The van der Waals surface area contributed by atoms with Crippen LogP contribution in [0.15, 0.2) is 36.4 Å². The fraction of sp³-hybridized carbons (Fsp3) is 0.214. The summed E-state index contributed by atoms with van der Waals surface area (Å²) in [6.07, 6.45) is 0. The average Bonchev–Trinajstić information content (AvgIpc) is 2.80. The van der Waals surface area contributed by atoms with Gasteiger partial charge in [0.15, 0.2) is 0 Å². The van der Waals surface area contributed by atoms with Crippen LogP contribution in [0.5, 0.6) is 5.75 Å². The van der Waals surface area contributed by atoms with Gasteiger partial charge < -0.3 is 14.0 Å². The number of benzene rings is 1. The number of hydrogen-bond acceptors (Lipinski definition) is 3. The van der Waals surface area contributed by atoms with Crippen molar-refractivity contribution in [2.24, 2.45) is 0 Å². The Morgan fingerprint density at radius 3 is 2.28 bits per heavy atom. The lowest BCUT2D eigenvalue weighted by molar-refractivity contribution is 0.0591. The Kier molecular flexibility index (Phi) is 3.37. The van der Waals surface area contributed by atoms with E-state index in [0.29, 0.717) is 5.69 Å². The molecule has 1 aromatic carbocycles. The maximum Gasteiger partial charge on any atom is 0.355 e. The van der Waals surface area contributed by atoms with E-state index in [1.165, 1.54) is 7.11 Å². The summed E-state index contributed by atoms with van der Waals surface area (Å²) in [6.45, 7) is 1.94. The van der Waals surface area contributed by atoms with E-state index in [2.05, 4.69) is 0 Å². The summed E-state index contributed by atoms with van der Waals surface area (Å²) in [4.78, 5) is 11.7. The number of hydrogen-bond donors (Lipinski definition) is 0. The molecule has 0 aliphatic carbocycles. The van der Waals surface area contributed by atoms with E-state index in [1.807, 2.05) is 41.8 Å². The minimum Gasteiger partial charge on any atom is -0.497 e. The summed E-state index contributed by atoms with van der Waals surface area (Å²) in [7, 11) is 3.00. The molecule has 0 saturated carbocycles. The maximum absolute atomic E-state index is 11.7. The van der Waals surface area contributed by atoms with Crippen LogP contribution in [-0.2, 0) is 4.74 Å². The van der Waals surface area contributed by atoms with Crippen molar-refractivity contribution in [3.8, 4) is 11.4 Å². The van der Waals surface area contributed by atoms with Crippen molar-refractivity contribution in [3.05, 3.63) is 47.8 Å². The zero-order valence-electron chi connectivity index (χ0n) is 10.6. The number of aromatic nitrogens is 1. The molecule has 2 rings (SSSR count). The molecule has 0 bridgehead atoms. The van der Waals surface area contributed by atoms with Gasteiger partial charge in [-0.2, -0.15) is 0 Å². The van der Waals surface area contributed by atoms with Crippen LogP contribution in [0, 0.1) is 6.92 Å². The molecular weight excluding hydrogens is 230 g/mol. The molecule has 0 atom stereocenters. The normalized spacial score (nSPS) is 10.2. The summed E-state index contributed by atoms with van der Waals surface area (Å²) in [6, 6.07) is 11.2. The molecule has 2 aromatic rings. The minimum absolute atomic E-state index is 0.348. The number of aryl methyl sites for hydroxylation is 1. The number of rotatable bonds is 3. The van der Waals surface area contributed by atoms with Crippen molar-refractivity contribution in [3.63, 3.8) is 0 Å². The lowest BCUT2D eigenvalue weighted by Crippen LogP contribution is -2.10. The SMILES string of the molecule is COC(=O)c1ccc(C)n1-c1ccc(OC)cc1. The van der Waals surface area contributed by atoms with Gasteiger partial charge in [-0.25, -0.2) is 4.79 Å². The van der Waals surface area contributed by atoms with Gasteiger partial charge in [-0.1, -0.05) is 0 Å². The fourth-order valence-corrected chi connectivity index (χ4v) is 1.88. The van der Waals surface area contributed by atoms with Gasteiger partial charge in [0.1, 0.15) is 11.4 Å². The number of methoxy groups -OCH3 is 2. The molecule has 0 amide bonds. The predicted molar refractivity (Wildman–Crippen MR) is 68.4 cm³/mol. The Labute approximate surface area is 106 Å². The van der Waals surface area contributed by atoms with Gasteiger partial charge in [-0.15, -0.1) is 0 Å². The Balaban J connectivity index is 2.48. The van der Waals surface area contributed by atoms with Gasteiger partial charge >= 0.3 is 5.97 Å². The van der Waals surface area contributed by atoms with Crippen LogP contribution >= 0.6 is 0 Å².